The number of rotatable bonds is 11. The van der Waals surface area contributed by atoms with E-state index in [0.717, 1.165) is 49.6 Å². The Labute approximate surface area is 423 Å². The van der Waals surface area contributed by atoms with Crippen molar-refractivity contribution >= 4 is 55.4 Å². The topological polar surface area (TPSA) is 206 Å². The van der Waals surface area contributed by atoms with Crippen molar-refractivity contribution in [3.8, 4) is 11.6 Å². The normalized spacial score (nSPS) is 27.0. The molecule has 9 heterocycles. The molecule has 6 atom stereocenters. The van der Waals surface area contributed by atoms with Crippen LogP contribution in [0.5, 0.6) is 11.6 Å². The molecule has 2 aromatic heterocycles. The number of likely N-dealkylation sites (tertiary alicyclic amines) is 1. The summed E-state index contributed by atoms with van der Waals surface area (Å²) in [6.07, 6.45) is 5.65. The molecule has 384 valence electrons. The van der Waals surface area contributed by atoms with Crippen molar-refractivity contribution in [3.05, 3.63) is 99.7 Å². The first-order chi connectivity index (χ1) is 35.3. The fourth-order valence-corrected chi connectivity index (χ4v) is 14.1. The molecule has 20 heteroatoms. The number of fused-ring (bicyclic) bond motifs is 4. The number of nitro benzene ring substituents is 1. The first-order valence-electron chi connectivity index (χ1n) is 25.8. The summed E-state index contributed by atoms with van der Waals surface area (Å²) in [5.41, 5.74) is 5.34. The summed E-state index contributed by atoms with van der Waals surface area (Å²) in [7, 11) is -4.72. The number of benzene rings is 3. The van der Waals surface area contributed by atoms with Gasteiger partial charge in [-0.05, 0) is 86.5 Å². The third-order valence-corrected chi connectivity index (χ3v) is 18.2. The molecule has 6 fully saturated rings. The van der Waals surface area contributed by atoms with E-state index in [1.807, 2.05) is 29.2 Å². The number of aromatic nitrogens is 2. The summed E-state index contributed by atoms with van der Waals surface area (Å²) in [6.45, 7) is 12.5. The van der Waals surface area contributed by atoms with Crippen LogP contribution in [0.4, 0.5) is 28.4 Å². The van der Waals surface area contributed by atoms with Gasteiger partial charge in [0.1, 0.15) is 24.0 Å². The van der Waals surface area contributed by atoms with Crippen LogP contribution in [0.25, 0.3) is 11.0 Å². The molecule has 5 saturated heterocycles. The third-order valence-electron chi connectivity index (χ3n) is 16.9. The van der Waals surface area contributed by atoms with Crippen molar-refractivity contribution < 1.29 is 41.8 Å². The van der Waals surface area contributed by atoms with E-state index >= 15 is 0 Å². The second kappa shape index (κ2) is 17.8. The molecule has 19 nitrogen and oxygen atoms in total. The molecule has 1 unspecified atom stereocenters. The number of anilines is 4. The van der Waals surface area contributed by atoms with Crippen molar-refractivity contribution in [2.75, 3.05) is 80.9 Å². The summed E-state index contributed by atoms with van der Waals surface area (Å²) in [4.78, 5) is 43.7. The Morgan fingerprint density at radius 3 is 2.55 bits per heavy atom. The number of pyridine rings is 1. The van der Waals surface area contributed by atoms with Gasteiger partial charge in [0.2, 0.25) is 5.88 Å². The largest absolute Gasteiger partial charge is 0.489 e. The molecule has 1 spiro atoms. The maximum Gasteiger partial charge on any atom is 0.297 e. The molecule has 1 aliphatic carbocycles. The molecule has 0 bridgehead atoms. The first-order valence-corrected chi connectivity index (χ1v) is 27.3. The fourth-order valence-electron chi connectivity index (χ4n) is 13.1. The Morgan fingerprint density at radius 1 is 0.932 bits per heavy atom. The highest BCUT2D eigenvalue weighted by Gasteiger charge is 2.55. The molecule has 0 radical (unpaired) electrons. The minimum atomic E-state index is -4.72. The highest BCUT2D eigenvalue weighted by molar-refractivity contribution is 7.90. The van der Waals surface area contributed by atoms with E-state index in [0.29, 0.717) is 80.5 Å². The molecule has 3 N–H and O–H groups in total. The Bertz CT molecular complexity index is 3110. The minimum Gasteiger partial charge on any atom is -0.489 e. The van der Waals surface area contributed by atoms with E-state index in [9.17, 15) is 23.3 Å². The number of H-pyrrole nitrogens is 1. The number of nitrogens with one attached hydrogen (secondary N) is 3. The molecule has 13 rings (SSSR count). The summed E-state index contributed by atoms with van der Waals surface area (Å²) in [6, 6.07) is 21.1. The second-order valence-corrected chi connectivity index (χ2v) is 23.5. The van der Waals surface area contributed by atoms with E-state index in [2.05, 4.69) is 74.8 Å². The highest BCUT2D eigenvalue weighted by atomic mass is 32.2. The minimum absolute atomic E-state index is 0.0145. The lowest BCUT2D eigenvalue weighted by Gasteiger charge is -2.62. The van der Waals surface area contributed by atoms with Gasteiger partial charge < -0.3 is 43.8 Å². The van der Waals surface area contributed by atoms with Gasteiger partial charge in [0.05, 0.1) is 78.3 Å². The average Bonchev–Trinajstić information content (AvgIpc) is 4.13. The predicted octanol–water partition coefficient (Wildman–Crippen LogP) is 6.48. The lowest BCUT2D eigenvalue weighted by Crippen LogP contribution is -2.66. The van der Waals surface area contributed by atoms with Gasteiger partial charge in [-0.1, -0.05) is 38.1 Å². The van der Waals surface area contributed by atoms with Gasteiger partial charge in [0.15, 0.2) is 11.4 Å². The Hall–Kier alpha value is -6.03. The van der Waals surface area contributed by atoms with Gasteiger partial charge in [-0.15, -0.1) is 0 Å². The van der Waals surface area contributed by atoms with Gasteiger partial charge in [-0.3, -0.25) is 24.7 Å². The zero-order valence-electron chi connectivity index (χ0n) is 41.2. The number of carbonyl (C=O) groups excluding carboxylic acids is 1. The number of nitro groups is 1. The maximum atomic E-state index is 14.8. The van der Waals surface area contributed by atoms with Crippen LogP contribution in [-0.2, 0) is 24.2 Å². The van der Waals surface area contributed by atoms with Crippen LogP contribution in [0.15, 0.2) is 77.8 Å². The Kier molecular flexibility index (Phi) is 11.4. The highest BCUT2D eigenvalue weighted by Crippen LogP contribution is 2.55. The van der Waals surface area contributed by atoms with Crippen molar-refractivity contribution in [2.45, 2.75) is 106 Å². The van der Waals surface area contributed by atoms with Gasteiger partial charge >= 0.3 is 0 Å². The number of morpholine rings is 1. The number of aromatic amines is 1. The van der Waals surface area contributed by atoms with Gasteiger partial charge in [0.25, 0.3) is 21.6 Å². The maximum absolute atomic E-state index is 14.8. The van der Waals surface area contributed by atoms with Crippen LogP contribution in [0.1, 0.15) is 79.9 Å². The second-order valence-electron chi connectivity index (χ2n) is 21.8. The van der Waals surface area contributed by atoms with Crippen LogP contribution in [-0.4, -0.2) is 147 Å². The van der Waals surface area contributed by atoms with Crippen LogP contribution >= 0.6 is 0 Å². The predicted molar refractivity (Wildman–Crippen MR) is 272 cm³/mol. The molecule has 1 amide bonds. The van der Waals surface area contributed by atoms with Gasteiger partial charge in [-0.2, -0.15) is 4.98 Å². The standard InChI is InChI=1S/C53H61N9O10S/c1-30(2)37-7-4-5-8-38(37)41-9-6-14-59(41)34-19-53(20-34)28-58(29-53)33-10-11-39(42(16-33)61-44-15-32-12-13-54-50(32)56-52(44)72-48-27-69-26-45(48)61)51(63)57-73(66,67)36-17-43(62(64)65)49-46(18-36)71-25-40(55-49)47-21-60(31(3)22-70-47)35-23-68-24-35/h4-5,7-8,10-13,15-18,30-31,34-35,40-41,45,47-48,55H,6,9,14,19-29H2,1-3H3,(H,54,56)(H,57,63)/t31-,40+,41+,45-,47?,48-/m1/s1. The van der Waals surface area contributed by atoms with Gasteiger partial charge in [-0.25, -0.2) is 13.1 Å². The van der Waals surface area contributed by atoms with Crippen molar-refractivity contribution in [3.63, 3.8) is 0 Å². The zero-order chi connectivity index (χ0) is 49.9. The number of hydrogen-bond acceptors (Lipinski definition) is 16. The summed E-state index contributed by atoms with van der Waals surface area (Å²) in [5.74, 6) is -0.0994. The third kappa shape index (κ3) is 8.06. The molecular formula is C53H61N9O10S. The number of ether oxygens (including phenoxy) is 5. The summed E-state index contributed by atoms with van der Waals surface area (Å²) < 4.78 is 61.3. The summed E-state index contributed by atoms with van der Waals surface area (Å²) >= 11 is 0. The van der Waals surface area contributed by atoms with Crippen LogP contribution in [0.3, 0.4) is 0 Å². The first kappa shape index (κ1) is 46.7. The number of carbonyl (C=O) groups is 1. The van der Waals surface area contributed by atoms with E-state index in [1.165, 1.54) is 30.0 Å². The fraction of sp³-hybridized carbons (Fsp3) is 0.509. The van der Waals surface area contributed by atoms with Crippen LogP contribution in [0.2, 0.25) is 0 Å². The van der Waals surface area contributed by atoms with Crippen LogP contribution < -0.4 is 29.3 Å². The van der Waals surface area contributed by atoms with E-state index < -0.39 is 43.6 Å². The van der Waals surface area contributed by atoms with E-state index in [4.69, 9.17) is 28.7 Å². The smallest absolute Gasteiger partial charge is 0.297 e. The molecule has 1 saturated carbocycles. The number of nitrogens with zero attached hydrogens (tertiary/aromatic N) is 6. The molecule has 8 aliphatic rings. The number of amides is 1. The molecule has 3 aromatic carbocycles. The quantitative estimate of drug-likeness (QED) is 0.0957. The van der Waals surface area contributed by atoms with E-state index in [-0.39, 0.29) is 53.3 Å². The van der Waals surface area contributed by atoms with Crippen molar-refractivity contribution in [2.24, 2.45) is 5.41 Å². The number of hydrogen-bond donors (Lipinski definition) is 3. The number of sulfonamides is 1. The SMILES string of the molecule is CC(C)c1ccccc1[C@@H]1CCCN1C1CC2(C1)CN(c1ccc(C(=O)NS(=O)(=O)c3cc4c(c([N+](=O)[O-])c3)N[C@H](C3CN(C5COC5)[C@H](C)CO3)CO4)c(N3c4cc5cc[nH]c5nc4O[C@@H]4COC[C@H]43)c1)C2. The Morgan fingerprint density at radius 2 is 1.75 bits per heavy atom. The molecular weight excluding hydrogens is 955 g/mol. The monoisotopic (exact) mass is 1020 g/mol. The van der Waals surface area contributed by atoms with Crippen molar-refractivity contribution in [1.82, 2.24) is 24.5 Å². The lowest BCUT2D eigenvalue weighted by molar-refractivity contribution is -0.384. The average molecular weight is 1020 g/mol. The lowest BCUT2D eigenvalue weighted by atomic mass is 9.60. The summed E-state index contributed by atoms with van der Waals surface area (Å²) in [5, 5.41) is 16.7. The Balaban J connectivity index is 0.782. The van der Waals surface area contributed by atoms with Gasteiger partial charge in [0, 0.05) is 72.6 Å². The zero-order valence-corrected chi connectivity index (χ0v) is 42.0. The molecule has 5 aromatic rings. The molecule has 73 heavy (non-hydrogen) atoms. The van der Waals surface area contributed by atoms with E-state index in [1.54, 1.807) is 12.3 Å². The molecule has 7 aliphatic heterocycles. The van der Waals surface area contributed by atoms with Crippen molar-refractivity contribution in [1.29, 1.82) is 0 Å². The van der Waals surface area contributed by atoms with Crippen LogP contribution in [0, 0.1) is 15.5 Å².